The van der Waals surface area contributed by atoms with Crippen molar-refractivity contribution in [2.45, 2.75) is 12.6 Å². The van der Waals surface area contributed by atoms with Gasteiger partial charge in [-0.25, -0.2) is 4.39 Å². The first-order valence-electron chi connectivity index (χ1n) is 7.01. The van der Waals surface area contributed by atoms with Gasteiger partial charge in [0.2, 0.25) is 0 Å². The summed E-state index contributed by atoms with van der Waals surface area (Å²) in [6.45, 7) is 0.269. The molecule has 4 N–H and O–H groups in total. The normalized spacial score (nSPS) is 11.7. The second-order valence-corrected chi connectivity index (χ2v) is 4.97. The van der Waals surface area contributed by atoms with Crippen LogP contribution >= 0.6 is 0 Å². The first-order valence-corrected chi connectivity index (χ1v) is 7.01. The number of nitrogens with one attached hydrogen (secondary N) is 2. The summed E-state index contributed by atoms with van der Waals surface area (Å²) in [5, 5.41) is 10.0. The van der Waals surface area contributed by atoms with Crippen LogP contribution < -0.4 is 11.1 Å². The second kappa shape index (κ2) is 7.51. The molecule has 0 radical (unpaired) electrons. The van der Waals surface area contributed by atoms with Crippen LogP contribution in [0.5, 0.6) is 0 Å². The van der Waals surface area contributed by atoms with Crippen LogP contribution in [0.15, 0.2) is 48.5 Å². The number of methoxy groups -OCH3 is 1. The number of hydrogen-bond donors (Lipinski definition) is 3. The first-order chi connectivity index (χ1) is 11.0. The number of amides is 1. The molecule has 2 aromatic carbocycles. The number of ether oxygens (including phenoxy) is 1. The number of hydrogen-bond acceptors (Lipinski definition) is 3. The lowest BCUT2D eigenvalue weighted by Crippen LogP contribution is -2.30. The Kier molecular flexibility index (Phi) is 5.43. The number of rotatable bonds is 6. The molecule has 0 aliphatic rings. The van der Waals surface area contributed by atoms with Crippen molar-refractivity contribution in [3.05, 3.63) is 71.0 Å². The fraction of sp³-hybridized carbons (Fsp3) is 0.176. The van der Waals surface area contributed by atoms with Crippen molar-refractivity contribution < 1.29 is 13.9 Å². The van der Waals surface area contributed by atoms with Gasteiger partial charge >= 0.3 is 0 Å². The van der Waals surface area contributed by atoms with Gasteiger partial charge in [0.1, 0.15) is 11.7 Å². The lowest BCUT2D eigenvalue weighted by Gasteiger charge is -2.16. The van der Waals surface area contributed by atoms with Gasteiger partial charge in [-0.05, 0) is 11.6 Å². The molecule has 0 fully saturated rings. The number of halogens is 1. The minimum Gasteiger partial charge on any atom is -0.384 e. The van der Waals surface area contributed by atoms with Crippen LogP contribution in [0.2, 0.25) is 0 Å². The number of nitrogens with two attached hydrogens (primary N) is 1. The largest absolute Gasteiger partial charge is 0.384 e. The van der Waals surface area contributed by atoms with Crippen molar-refractivity contribution in [2.24, 2.45) is 5.73 Å². The van der Waals surface area contributed by atoms with Crippen molar-refractivity contribution >= 4 is 11.7 Å². The Morgan fingerprint density at radius 1 is 1.26 bits per heavy atom. The highest BCUT2D eigenvalue weighted by Crippen LogP contribution is 2.20. The predicted octanol–water partition coefficient (Wildman–Crippen LogP) is 2.11. The molecule has 1 atom stereocenters. The fourth-order valence-corrected chi connectivity index (χ4v) is 2.15. The number of amidine groups is 1. The molecule has 2 rings (SSSR count). The van der Waals surface area contributed by atoms with Crippen LogP contribution in [0.4, 0.5) is 4.39 Å². The molecule has 120 valence electrons. The standard InChI is InChI=1S/C17H18FN3O2/c1-23-15(13-4-2-3-5-14(13)18)17(22)21-10-11-6-8-12(9-7-11)16(19)20/h2-9,15H,10H2,1H3,(H3,19,20)(H,21,22)/t15-/m0/s1. The van der Waals surface area contributed by atoms with E-state index in [0.717, 1.165) is 5.56 Å². The van der Waals surface area contributed by atoms with E-state index in [9.17, 15) is 9.18 Å². The molecular weight excluding hydrogens is 297 g/mol. The minimum absolute atomic E-state index is 0.0143. The highest BCUT2D eigenvalue weighted by atomic mass is 19.1. The van der Waals surface area contributed by atoms with E-state index >= 15 is 0 Å². The van der Waals surface area contributed by atoms with Crippen LogP contribution in [0, 0.1) is 11.2 Å². The maximum absolute atomic E-state index is 13.8. The van der Waals surface area contributed by atoms with E-state index < -0.39 is 17.8 Å². The Balaban J connectivity index is 2.03. The molecule has 0 spiro atoms. The lowest BCUT2D eigenvalue weighted by molar-refractivity contribution is -0.131. The maximum Gasteiger partial charge on any atom is 0.254 e. The third kappa shape index (κ3) is 4.14. The topological polar surface area (TPSA) is 88.2 Å². The Morgan fingerprint density at radius 3 is 2.48 bits per heavy atom. The van der Waals surface area contributed by atoms with Gasteiger partial charge in [-0.2, -0.15) is 0 Å². The van der Waals surface area contributed by atoms with Crippen LogP contribution in [-0.2, 0) is 16.1 Å². The Hall–Kier alpha value is -2.73. The molecule has 0 heterocycles. The van der Waals surface area contributed by atoms with Gasteiger partial charge in [0, 0.05) is 24.8 Å². The van der Waals surface area contributed by atoms with E-state index in [1.807, 2.05) is 0 Å². The molecule has 6 heteroatoms. The third-order valence-corrected chi connectivity index (χ3v) is 3.39. The molecule has 1 amide bonds. The summed E-state index contributed by atoms with van der Waals surface area (Å²) >= 11 is 0. The average molecular weight is 315 g/mol. The summed E-state index contributed by atoms with van der Waals surface area (Å²) in [6.07, 6.45) is -1.01. The van der Waals surface area contributed by atoms with Gasteiger partial charge < -0.3 is 15.8 Å². The second-order valence-electron chi connectivity index (χ2n) is 4.97. The van der Waals surface area contributed by atoms with Crippen molar-refractivity contribution in [2.75, 3.05) is 7.11 Å². The molecule has 0 bridgehead atoms. The zero-order valence-corrected chi connectivity index (χ0v) is 12.7. The molecular formula is C17H18FN3O2. The average Bonchev–Trinajstić information content (AvgIpc) is 2.55. The molecule has 0 aliphatic carbocycles. The number of benzene rings is 2. The summed E-state index contributed by atoms with van der Waals surface area (Å²) in [4.78, 5) is 12.2. The fourth-order valence-electron chi connectivity index (χ4n) is 2.15. The van der Waals surface area contributed by atoms with E-state index in [1.165, 1.54) is 19.2 Å². The summed E-state index contributed by atoms with van der Waals surface area (Å²) in [5.74, 6) is -0.923. The Morgan fingerprint density at radius 2 is 1.91 bits per heavy atom. The zero-order chi connectivity index (χ0) is 16.8. The van der Waals surface area contributed by atoms with Gasteiger partial charge in [0.15, 0.2) is 6.10 Å². The summed E-state index contributed by atoms with van der Waals surface area (Å²) < 4.78 is 18.9. The molecule has 0 saturated carbocycles. The summed E-state index contributed by atoms with van der Waals surface area (Å²) in [6, 6.07) is 12.9. The summed E-state index contributed by atoms with van der Waals surface area (Å²) in [5.41, 5.74) is 7.03. The van der Waals surface area contributed by atoms with Crippen LogP contribution in [-0.4, -0.2) is 18.9 Å². The van der Waals surface area contributed by atoms with Crippen molar-refractivity contribution in [1.82, 2.24) is 5.32 Å². The Labute approximate surface area is 133 Å². The van der Waals surface area contributed by atoms with Crippen LogP contribution in [0.3, 0.4) is 0 Å². The van der Waals surface area contributed by atoms with E-state index in [1.54, 1.807) is 36.4 Å². The molecule has 2 aromatic rings. The lowest BCUT2D eigenvalue weighted by atomic mass is 10.1. The molecule has 0 unspecified atom stereocenters. The predicted molar refractivity (Wildman–Crippen MR) is 85.5 cm³/mol. The van der Waals surface area contributed by atoms with Crippen molar-refractivity contribution in [3.8, 4) is 0 Å². The Bertz CT molecular complexity index is 701. The van der Waals surface area contributed by atoms with E-state index in [4.69, 9.17) is 15.9 Å². The quantitative estimate of drug-likeness (QED) is 0.563. The molecule has 23 heavy (non-hydrogen) atoms. The highest BCUT2D eigenvalue weighted by molar-refractivity contribution is 5.94. The molecule has 0 aliphatic heterocycles. The monoisotopic (exact) mass is 315 g/mol. The highest BCUT2D eigenvalue weighted by Gasteiger charge is 2.22. The van der Waals surface area contributed by atoms with Crippen LogP contribution in [0.25, 0.3) is 0 Å². The van der Waals surface area contributed by atoms with Gasteiger partial charge in [0.25, 0.3) is 5.91 Å². The van der Waals surface area contributed by atoms with Gasteiger partial charge in [-0.3, -0.25) is 10.2 Å². The van der Waals surface area contributed by atoms with Crippen LogP contribution in [0.1, 0.15) is 22.8 Å². The van der Waals surface area contributed by atoms with E-state index in [2.05, 4.69) is 5.32 Å². The SMILES string of the molecule is CO[C@H](C(=O)NCc1ccc(C(=N)N)cc1)c1ccccc1F. The van der Waals surface area contributed by atoms with Gasteiger partial charge in [0.05, 0.1) is 0 Å². The molecule has 5 nitrogen and oxygen atoms in total. The molecule has 0 saturated heterocycles. The van der Waals surface area contributed by atoms with Crippen molar-refractivity contribution in [3.63, 3.8) is 0 Å². The van der Waals surface area contributed by atoms with E-state index in [-0.39, 0.29) is 17.9 Å². The van der Waals surface area contributed by atoms with Crippen molar-refractivity contribution in [1.29, 1.82) is 5.41 Å². The third-order valence-electron chi connectivity index (χ3n) is 3.39. The molecule has 0 aromatic heterocycles. The first kappa shape index (κ1) is 16.6. The number of nitrogen functional groups attached to an aromatic ring is 1. The number of carbonyl (C=O) groups excluding carboxylic acids is 1. The minimum atomic E-state index is -1.01. The number of carbonyl (C=O) groups is 1. The zero-order valence-electron chi connectivity index (χ0n) is 12.7. The summed E-state index contributed by atoms with van der Waals surface area (Å²) in [7, 11) is 1.36. The van der Waals surface area contributed by atoms with Gasteiger partial charge in [-0.15, -0.1) is 0 Å². The maximum atomic E-state index is 13.8. The van der Waals surface area contributed by atoms with E-state index in [0.29, 0.717) is 5.56 Å². The smallest absolute Gasteiger partial charge is 0.254 e. The van der Waals surface area contributed by atoms with Gasteiger partial charge in [-0.1, -0.05) is 42.5 Å².